The van der Waals surface area contributed by atoms with Gasteiger partial charge in [0.25, 0.3) is 0 Å². The lowest BCUT2D eigenvalue weighted by Crippen LogP contribution is -2.30. The number of benzene rings is 1. The van der Waals surface area contributed by atoms with Gasteiger partial charge in [-0.25, -0.2) is 14.4 Å². The summed E-state index contributed by atoms with van der Waals surface area (Å²) in [5.74, 6) is -0.00343. The maximum Gasteiger partial charge on any atom is 0.139 e. The molecule has 1 aromatic heterocycles. The number of hydrogen-bond acceptors (Lipinski definition) is 5. The van der Waals surface area contributed by atoms with Crippen LogP contribution >= 0.6 is 15.9 Å². The van der Waals surface area contributed by atoms with Crippen LogP contribution in [0.1, 0.15) is 52.4 Å². The molecule has 2 heterocycles. The molecule has 1 aliphatic heterocycles. The highest BCUT2D eigenvalue weighted by Gasteiger charge is 2.05. The zero-order valence-electron chi connectivity index (χ0n) is 16.4. The van der Waals surface area contributed by atoms with Crippen LogP contribution in [0, 0.1) is 5.82 Å². The van der Waals surface area contributed by atoms with Crippen LogP contribution in [0.5, 0.6) is 0 Å². The van der Waals surface area contributed by atoms with Gasteiger partial charge in [0.1, 0.15) is 18.0 Å². The molecular formula is C20H32BrFN4O. The van der Waals surface area contributed by atoms with Crippen LogP contribution in [-0.4, -0.2) is 36.3 Å². The predicted molar refractivity (Wildman–Crippen MR) is 114 cm³/mol. The lowest BCUT2D eigenvalue weighted by atomic mass is 10.0. The van der Waals surface area contributed by atoms with Gasteiger partial charge in [-0.2, -0.15) is 0 Å². The van der Waals surface area contributed by atoms with Crippen LogP contribution in [0.25, 0.3) is 10.9 Å². The number of anilines is 1. The quantitative estimate of drug-likeness (QED) is 0.594. The second-order valence-electron chi connectivity index (χ2n) is 6.03. The molecule has 4 rings (SSSR count). The van der Waals surface area contributed by atoms with Crippen LogP contribution in [0.4, 0.5) is 10.2 Å². The van der Waals surface area contributed by atoms with Crippen molar-refractivity contribution in [3.63, 3.8) is 0 Å². The summed E-state index contributed by atoms with van der Waals surface area (Å²) in [6.45, 7) is 7.83. The van der Waals surface area contributed by atoms with Crippen molar-refractivity contribution in [3.05, 3.63) is 28.7 Å². The third-order valence-electron chi connectivity index (χ3n) is 4.05. The molecule has 2 aromatic rings. The van der Waals surface area contributed by atoms with E-state index in [2.05, 4.69) is 31.2 Å². The lowest BCUT2D eigenvalue weighted by molar-refractivity contribution is 0.109. The summed E-state index contributed by atoms with van der Waals surface area (Å²) in [4.78, 5) is 7.69. The van der Waals surface area contributed by atoms with Gasteiger partial charge in [-0.15, -0.1) is 0 Å². The van der Waals surface area contributed by atoms with E-state index in [1.165, 1.54) is 50.9 Å². The zero-order chi connectivity index (χ0) is 19.9. The van der Waals surface area contributed by atoms with Crippen LogP contribution < -0.4 is 11.1 Å². The van der Waals surface area contributed by atoms with E-state index in [9.17, 15) is 4.39 Å². The van der Waals surface area contributed by atoms with Crippen molar-refractivity contribution in [3.8, 4) is 0 Å². The first kappa shape index (κ1) is 23.7. The molecule has 2 aliphatic rings. The van der Waals surface area contributed by atoms with Crippen molar-refractivity contribution in [2.24, 2.45) is 0 Å². The molecule has 0 radical (unpaired) electrons. The normalized spacial score (nSPS) is 16.0. The average Bonchev–Trinajstić information content (AvgIpc) is 2.75. The fourth-order valence-corrected chi connectivity index (χ4v) is 2.99. The van der Waals surface area contributed by atoms with Gasteiger partial charge in [-0.05, 0) is 22.0 Å². The molecule has 7 heteroatoms. The number of rotatable bonds is 0. The standard InChI is InChI=1S/C8H5BrFN3.C6H12.C4H9NO.C2H6/c9-5-1-4-7(2-6(5)10)12-3-13-8(4)11;1-2-4-6-5-3-1;1-3-6-4-2-5-1;1-2/h1-3H,(H2,11,12,13);1-6H2;5H,1-4H2;1-2H3. The summed E-state index contributed by atoms with van der Waals surface area (Å²) in [6.07, 6.45) is 10.3. The van der Waals surface area contributed by atoms with E-state index in [1.54, 1.807) is 6.07 Å². The lowest BCUT2D eigenvalue weighted by Gasteiger charge is -2.10. The summed E-state index contributed by atoms with van der Waals surface area (Å²) in [6, 6.07) is 2.89. The minimum Gasteiger partial charge on any atom is -0.383 e. The molecular weight excluding hydrogens is 411 g/mol. The minimum atomic E-state index is -0.356. The number of nitrogens with zero attached hydrogens (tertiary/aromatic N) is 2. The summed E-state index contributed by atoms with van der Waals surface area (Å²) >= 11 is 3.06. The highest BCUT2D eigenvalue weighted by molar-refractivity contribution is 9.10. The minimum absolute atomic E-state index is 0.353. The molecule has 1 saturated carbocycles. The number of nitrogens with two attached hydrogens (primary N) is 1. The average molecular weight is 443 g/mol. The van der Waals surface area contributed by atoms with Crippen LogP contribution in [0.15, 0.2) is 22.9 Å². The highest BCUT2D eigenvalue weighted by atomic mass is 79.9. The van der Waals surface area contributed by atoms with E-state index in [1.807, 2.05) is 13.8 Å². The number of fused-ring (bicyclic) bond motifs is 1. The number of aromatic nitrogens is 2. The molecule has 0 spiro atoms. The number of nitrogen functional groups attached to an aromatic ring is 1. The Bertz CT molecular complexity index is 614. The monoisotopic (exact) mass is 442 g/mol. The fourth-order valence-electron chi connectivity index (χ4n) is 2.65. The van der Waals surface area contributed by atoms with Crippen molar-refractivity contribution in [2.75, 3.05) is 32.0 Å². The first-order valence-electron chi connectivity index (χ1n) is 9.82. The van der Waals surface area contributed by atoms with Gasteiger partial charge >= 0.3 is 0 Å². The maximum atomic E-state index is 13.0. The summed E-state index contributed by atoms with van der Waals surface area (Å²) in [5.41, 5.74) is 6.09. The SMILES string of the molecule is C1CCCCC1.C1COCCN1.CC.Nc1ncnc2cc(F)c(Br)cc12. The molecule has 1 aliphatic carbocycles. The van der Waals surface area contributed by atoms with Crippen LogP contribution in [0.3, 0.4) is 0 Å². The van der Waals surface area contributed by atoms with E-state index < -0.39 is 0 Å². The second-order valence-corrected chi connectivity index (χ2v) is 6.88. The van der Waals surface area contributed by atoms with Gasteiger partial charge in [-0.1, -0.05) is 52.4 Å². The molecule has 0 unspecified atom stereocenters. The molecule has 1 saturated heterocycles. The van der Waals surface area contributed by atoms with E-state index in [4.69, 9.17) is 10.5 Å². The van der Waals surface area contributed by atoms with Crippen molar-refractivity contribution in [1.29, 1.82) is 0 Å². The smallest absolute Gasteiger partial charge is 0.139 e. The summed E-state index contributed by atoms with van der Waals surface area (Å²) in [7, 11) is 0. The van der Waals surface area contributed by atoms with Gasteiger partial charge < -0.3 is 15.8 Å². The number of nitrogens with one attached hydrogen (secondary N) is 1. The van der Waals surface area contributed by atoms with Gasteiger partial charge in [0, 0.05) is 24.5 Å². The molecule has 2 fully saturated rings. The summed E-state index contributed by atoms with van der Waals surface area (Å²) < 4.78 is 18.4. The molecule has 5 nitrogen and oxygen atoms in total. The Morgan fingerprint density at radius 3 is 2.00 bits per heavy atom. The summed E-state index contributed by atoms with van der Waals surface area (Å²) in [5, 5.41) is 3.81. The van der Waals surface area contributed by atoms with Crippen LogP contribution in [-0.2, 0) is 4.74 Å². The Morgan fingerprint density at radius 2 is 1.56 bits per heavy atom. The molecule has 27 heavy (non-hydrogen) atoms. The first-order chi connectivity index (χ1) is 13.2. The largest absolute Gasteiger partial charge is 0.383 e. The Morgan fingerprint density at radius 1 is 1.00 bits per heavy atom. The van der Waals surface area contributed by atoms with E-state index in [-0.39, 0.29) is 5.82 Å². The molecule has 0 amide bonds. The van der Waals surface area contributed by atoms with Crippen molar-refractivity contribution < 1.29 is 9.13 Å². The molecule has 0 atom stereocenters. The molecule has 0 bridgehead atoms. The predicted octanol–water partition coefficient (Wildman–Crippen LogP) is 5.09. The number of ether oxygens (including phenoxy) is 1. The zero-order valence-corrected chi connectivity index (χ0v) is 18.0. The fraction of sp³-hybridized carbons (Fsp3) is 0.600. The molecule has 3 N–H and O–H groups in total. The third-order valence-corrected chi connectivity index (χ3v) is 4.66. The van der Waals surface area contributed by atoms with E-state index in [0.29, 0.717) is 21.2 Å². The van der Waals surface area contributed by atoms with Crippen molar-refractivity contribution in [1.82, 2.24) is 15.3 Å². The Balaban J connectivity index is 0.000000218. The third kappa shape index (κ3) is 9.44. The van der Waals surface area contributed by atoms with Gasteiger partial charge in [-0.3, -0.25) is 0 Å². The van der Waals surface area contributed by atoms with E-state index in [0.717, 1.165) is 26.3 Å². The number of halogens is 2. The second kappa shape index (κ2) is 14.7. The van der Waals surface area contributed by atoms with Gasteiger partial charge in [0.2, 0.25) is 0 Å². The Labute approximate surface area is 170 Å². The van der Waals surface area contributed by atoms with Crippen molar-refractivity contribution >= 4 is 32.7 Å². The van der Waals surface area contributed by atoms with Gasteiger partial charge in [0.05, 0.1) is 23.2 Å². The van der Waals surface area contributed by atoms with Crippen LogP contribution in [0.2, 0.25) is 0 Å². The molecule has 1 aromatic carbocycles. The Kier molecular flexibility index (Phi) is 12.9. The first-order valence-corrected chi connectivity index (χ1v) is 10.6. The molecule has 152 valence electrons. The Hall–Kier alpha value is -1.31. The topological polar surface area (TPSA) is 73.1 Å². The maximum absolute atomic E-state index is 13.0. The number of morpholine rings is 1. The number of hydrogen-bond donors (Lipinski definition) is 2. The highest BCUT2D eigenvalue weighted by Crippen LogP contribution is 2.24. The van der Waals surface area contributed by atoms with Gasteiger partial charge in [0.15, 0.2) is 0 Å². The van der Waals surface area contributed by atoms with E-state index >= 15 is 0 Å². The van der Waals surface area contributed by atoms with Crippen molar-refractivity contribution in [2.45, 2.75) is 52.4 Å².